The fourth-order valence-corrected chi connectivity index (χ4v) is 7.04. The predicted molar refractivity (Wildman–Crippen MR) is 151 cm³/mol. The monoisotopic (exact) mass is 624 g/mol. The maximum Gasteiger partial charge on any atom is 0.459 e. The number of anilines is 1. The largest absolute Gasteiger partial charge is 0.461 e. The molecule has 3 unspecified atom stereocenters. The van der Waals surface area contributed by atoms with Gasteiger partial charge in [0.25, 0.3) is 0 Å². The second kappa shape index (κ2) is 12.8. The molecule has 1 saturated carbocycles. The molecule has 2 aliphatic rings. The van der Waals surface area contributed by atoms with Crippen molar-refractivity contribution in [2.75, 3.05) is 5.73 Å². The van der Waals surface area contributed by atoms with Crippen LogP contribution in [0.15, 0.2) is 36.9 Å². The Morgan fingerprint density at radius 3 is 2.64 bits per heavy atom. The molecule has 14 nitrogen and oxygen atoms in total. The van der Waals surface area contributed by atoms with E-state index < -0.39 is 50.4 Å². The van der Waals surface area contributed by atoms with E-state index in [1.54, 1.807) is 18.2 Å². The molecule has 3 aromatic rings. The first-order valence-corrected chi connectivity index (χ1v) is 15.6. The Labute approximate surface area is 247 Å². The van der Waals surface area contributed by atoms with Gasteiger partial charge in [-0.1, -0.05) is 30.2 Å². The molecule has 3 heterocycles. The second-order valence-corrected chi connectivity index (χ2v) is 12.5. The van der Waals surface area contributed by atoms with Crippen molar-refractivity contribution in [3.8, 4) is 5.75 Å². The van der Waals surface area contributed by atoms with Gasteiger partial charge in [0, 0.05) is 0 Å². The molecule has 1 aliphatic heterocycles. The average Bonchev–Trinajstić information content (AvgIpc) is 3.52. The van der Waals surface area contributed by atoms with Gasteiger partial charge >= 0.3 is 13.7 Å². The minimum Gasteiger partial charge on any atom is -0.461 e. The fraction of sp³-hybridized carbons (Fsp3) is 0.538. The molecule has 5 N–H and O–H groups in total. The number of nitrogens with two attached hydrogens (primary N) is 1. The first-order valence-electron chi connectivity index (χ1n) is 13.7. The number of imidazole rings is 1. The van der Waals surface area contributed by atoms with Crippen LogP contribution in [-0.4, -0.2) is 72.3 Å². The predicted octanol–water partition coefficient (Wildman–Crippen LogP) is 3.13. The molecule has 1 saturated heterocycles. The highest BCUT2D eigenvalue weighted by Crippen LogP contribution is 2.49. The SMILES string of the molecule is CC(NP(=O)(Oc1ccccc1Cl)OC(C)[C@H]1O[C@@H](n2cnc3c(N)ncnc32)[C@H](O)[C@@H]1O)C(=O)OC1CCCCC1. The van der Waals surface area contributed by atoms with Crippen LogP contribution in [0.5, 0.6) is 5.75 Å². The Bertz CT molecular complexity index is 1460. The topological polar surface area (TPSA) is 193 Å². The Morgan fingerprint density at radius 2 is 1.90 bits per heavy atom. The molecule has 0 spiro atoms. The Balaban J connectivity index is 1.34. The number of aliphatic hydroxyl groups is 2. The Hall–Kier alpha value is -2.84. The van der Waals surface area contributed by atoms with Crippen LogP contribution >= 0.6 is 19.3 Å². The number of esters is 1. The molecule has 42 heavy (non-hydrogen) atoms. The second-order valence-electron chi connectivity index (χ2n) is 10.4. The summed E-state index contributed by atoms with van der Waals surface area (Å²) in [5.41, 5.74) is 6.45. The van der Waals surface area contributed by atoms with Gasteiger partial charge in [-0.2, -0.15) is 5.09 Å². The van der Waals surface area contributed by atoms with Crippen molar-refractivity contribution in [1.82, 2.24) is 24.6 Å². The highest BCUT2D eigenvalue weighted by molar-refractivity contribution is 7.52. The van der Waals surface area contributed by atoms with E-state index in [0.29, 0.717) is 5.52 Å². The summed E-state index contributed by atoms with van der Waals surface area (Å²) in [5, 5.41) is 24.6. The zero-order valence-electron chi connectivity index (χ0n) is 23.1. The van der Waals surface area contributed by atoms with Gasteiger partial charge in [-0.05, 0) is 51.7 Å². The average molecular weight is 625 g/mol. The van der Waals surface area contributed by atoms with Gasteiger partial charge in [0.2, 0.25) is 0 Å². The quantitative estimate of drug-likeness (QED) is 0.190. The van der Waals surface area contributed by atoms with Crippen molar-refractivity contribution in [1.29, 1.82) is 0 Å². The van der Waals surface area contributed by atoms with Crippen molar-refractivity contribution in [2.45, 2.75) is 88.7 Å². The summed E-state index contributed by atoms with van der Waals surface area (Å²) in [4.78, 5) is 25.1. The zero-order chi connectivity index (χ0) is 30.0. The van der Waals surface area contributed by atoms with Crippen LogP contribution in [0.4, 0.5) is 5.82 Å². The Kier molecular flexibility index (Phi) is 9.33. The van der Waals surface area contributed by atoms with Crippen molar-refractivity contribution in [3.63, 3.8) is 0 Å². The maximum absolute atomic E-state index is 14.2. The summed E-state index contributed by atoms with van der Waals surface area (Å²) in [6.07, 6.45) is 0.625. The van der Waals surface area contributed by atoms with Gasteiger partial charge in [-0.3, -0.25) is 13.9 Å². The standard InChI is InChI=1S/C26H34ClN6O8P/c1-14(26(36)38-16-8-4-3-5-9-16)32-42(37,41-18-11-7-6-10-17(18)27)40-15(2)22-20(34)21(35)25(39-22)33-13-31-19-23(28)29-12-30-24(19)33/h6-7,10-16,20-22,25,34-35H,3-5,8-9H2,1-2H3,(H,32,37)(H2,28,29,30)/t14?,15?,20-,21+,22+,25+,42?/m0/s1. The third kappa shape index (κ3) is 6.55. The number of nitrogen functional groups attached to an aromatic ring is 1. The van der Waals surface area contributed by atoms with Crippen LogP contribution in [0.1, 0.15) is 52.2 Å². The Morgan fingerprint density at radius 1 is 1.17 bits per heavy atom. The number of hydrogen-bond acceptors (Lipinski definition) is 12. The molecular weight excluding hydrogens is 591 g/mol. The van der Waals surface area contributed by atoms with Crippen LogP contribution in [0.2, 0.25) is 5.02 Å². The molecule has 0 bridgehead atoms. The number of aliphatic hydroxyl groups excluding tert-OH is 2. The summed E-state index contributed by atoms with van der Waals surface area (Å²) in [7, 11) is -4.38. The minimum absolute atomic E-state index is 0.0444. The lowest BCUT2D eigenvalue weighted by atomic mass is 9.98. The molecule has 0 amide bonds. The molecule has 1 aromatic carbocycles. The lowest BCUT2D eigenvalue weighted by molar-refractivity contribution is -0.152. The number of nitrogens with one attached hydrogen (secondary N) is 1. The molecule has 2 fully saturated rings. The van der Waals surface area contributed by atoms with Gasteiger partial charge in [-0.15, -0.1) is 0 Å². The van der Waals surface area contributed by atoms with E-state index in [4.69, 9.17) is 35.9 Å². The van der Waals surface area contributed by atoms with Crippen LogP contribution < -0.4 is 15.3 Å². The van der Waals surface area contributed by atoms with E-state index in [2.05, 4.69) is 20.0 Å². The van der Waals surface area contributed by atoms with E-state index in [1.165, 1.54) is 37.1 Å². The normalized spacial score (nSPS) is 26.0. The summed E-state index contributed by atoms with van der Waals surface area (Å²) in [6.45, 7) is 2.98. The molecule has 7 atom stereocenters. The number of hydrogen-bond donors (Lipinski definition) is 4. The minimum atomic E-state index is -4.38. The van der Waals surface area contributed by atoms with E-state index in [-0.39, 0.29) is 28.3 Å². The van der Waals surface area contributed by atoms with Crippen LogP contribution in [0, 0.1) is 0 Å². The van der Waals surface area contributed by atoms with Gasteiger partial charge < -0.3 is 29.9 Å². The molecule has 16 heteroatoms. The first-order chi connectivity index (χ1) is 20.1. The highest BCUT2D eigenvalue weighted by Gasteiger charge is 2.49. The molecule has 5 rings (SSSR count). The molecule has 2 aromatic heterocycles. The van der Waals surface area contributed by atoms with Crippen molar-refractivity contribution >= 4 is 42.3 Å². The number of ether oxygens (including phenoxy) is 2. The number of fused-ring (bicyclic) bond motifs is 1. The number of carbonyl (C=O) groups is 1. The smallest absolute Gasteiger partial charge is 0.459 e. The molecule has 1 aliphatic carbocycles. The third-order valence-corrected chi connectivity index (χ3v) is 9.36. The number of carbonyl (C=O) groups excluding carboxylic acids is 1. The zero-order valence-corrected chi connectivity index (χ0v) is 24.7. The summed E-state index contributed by atoms with van der Waals surface area (Å²) in [5.74, 6) is -0.426. The van der Waals surface area contributed by atoms with Gasteiger partial charge in [-0.25, -0.2) is 19.5 Å². The number of rotatable bonds is 10. The lowest BCUT2D eigenvalue weighted by Gasteiger charge is -2.29. The van der Waals surface area contributed by atoms with Crippen LogP contribution in [0.3, 0.4) is 0 Å². The van der Waals surface area contributed by atoms with Crippen molar-refractivity contribution < 1.29 is 38.1 Å². The van der Waals surface area contributed by atoms with Gasteiger partial charge in [0.1, 0.15) is 48.1 Å². The summed E-state index contributed by atoms with van der Waals surface area (Å²) < 4.78 is 38.8. The third-order valence-electron chi connectivity index (χ3n) is 7.30. The van der Waals surface area contributed by atoms with E-state index >= 15 is 0 Å². The van der Waals surface area contributed by atoms with Crippen LogP contribution in [-0.2, 0) is 23.4 Å². The number of benzene rings is 1. The highest BCUT2D eigenvalue weighted by atomic mass is 35.5. The number of para-hydroxylation sites is 1. The maximum atomic E-state index is 14.2. The van der Waals surface area contributed by atoms with Crippen molar-refractivity contribution in [3.05, 3.63) is 41.9 Å². The van der Waals surface area contributed by atoms with E-state index in [1.807, 2.05) is 0 Å². The fourth-order valence-electron chi connectivity index (χ4n) is 5.10. The molecule has 228 valence electrons. The first kappa shape index (κ1) is 30.6. The number of nitrogens with zero attached hydrogens (tertiary/aromatic N) is 4. The van der Waals surface area contributed by atoms with E-state index in [0.717, 1.165) is 32.1 Å². The molecular formula is C26H34ClN6O8P. The lowest BCUT2D eigenvalue weighted by Crippen LogP contribution is -2.41. The summed E-state index contributed by atoms with van der Waals surface area (Å²) in [6, 6.07) is 5.26. The van der Waals surface area contributed by atoms with Crippen molar-refractivity contribution in [2.24, 2.45) is 0 Å². The van der Waals surface area contributed by atoms with Gasteiger partial charge in [0.15, 0.2) is 17.7 Å². The summed E-state index contributed by atoms with van der Waals surface area (Å²) >= 11 is 6.25. The van der Waals surface area contributed by atoms with Gasteiger partial charge in [0.05, 0.1) is 17.5 Å². The van der Waals surface area contributed by atoms with E-state index in [9.17, 15) is 19.6 Å². The number of aromatic nitrogens is 4. The number of halogens is 1. The molecule has 0 radical (unpaired) electrons. The van der Waals surface area contributed by atoms with Crippen LogP contribution in [0.25, 0.3) is 11.2 Å².